The highest BCUT2D eigenvalue weighted by Crippen LogP contribution is 2.30. The molecule has 1 N–H and O–H groups in total. The van der Waals surface area contributed by atoms with E-state index >= 15 is 0 Å². The number of benzene rings is 2. The summed E-state index contributed by atoms with van der Waals surface area (Å²) in [4.78, 5) is 32.9. The van der Waals surface area contributed by atoms with E-state index in [0.29, 0.717) is 16.7 Å². The molecule has 27 heavy (non-hydrogen) atoms. The molecule has 0 aromatic heterocycles. The largest absolute Gasteiger partial charge is 0.464 e. The van der Waals surface area contributed by atoms with Crippen molar-refractivity contribution in [3.63, 3.8) is 0 Å². The van der Waals surface area contributed by atoms with Crippen molar-refractivity contribution in [2.75, 3.05) is 21.3 Å². The Hall–Kier alpha value is -3.30. The average Bonchev–Trinajstić information content (AvgIpc) is 2.70. The number of oxime groups is 1. The molecule has 0 aliphatic carbocycles. The van der Waals surface area contributed by atoms with Gasteiger partial charge in [-0.3, -0.25) is 15.0 Å². The van der Waals surface area contributed by atoms with Crippen LogP contribution in [0.25, 0.3) is 0 Å². The number of non-ortho nitro benzene ring substituents is 1. The van der Waals surface area contributed by atoms with Gasteiger partial charge in [0.15, 0.2) is 5.71 Å². The van der Waals surface area contributed by atoms with Gasteiger partial charge in [-0.15, -0.1) is 0 Å². The first-order valence-corrected chi connectivity index (χ1v) is 7.89. The third-order valence-corrected chi connectivity index (χ3v) is 3.70. The van der Waals surface area contributed by atoms with E-state index in [-0.39, 0.29) is 11.4 Å². The smallest absolute Gasteiger partial charge is 0.360 e. The van der Waals surface area contributed by atoms with Crippen molar-refractivity contribution in [3.8, 4) is 0 Å². The Morgan fingerprint density at radius 1 is 1.15 bits per heavy atom. The molecule has 2 aromatic carbocycles. The number of nitro benzene ring substituents is 1. The molecule has 0 radical (unpaired) electrons. The number of ether oxygens (including phenoxy) is 1. The van der Waals surface area contributed by atoms with Crippen LogP contribution in [-0.4, -0.2) is 37.9 Å². The van der Waals surface area contributed by atoms with E-state index in [2.05, 4.69) is 10.6 Å². The van der Waals surface area contributed by atoms with Crippen molar-refractivity contribution in [1.82, 2.24) is 5.48 Å². The topological polar surface area (TPSA) is 112 Å². The highest BCUT2D eigenvalue weighted by molar-refractivity contribution is 6.43. The van der Waals surface area contributed by atoms with E-state index in [1.165, 1.54) is 26.4 Å². The maximum absolute atomic E-state index is 12.1. The minimum absolute atomic E-state index is 0.0257. The molecule has 2 aromatic rings. The van der Waals surface area contributed by atoms with E-state index < -0.39 is 17.0 Å². The summed E-state index contributed by atoms with van der Waals surface area (Å²) in [6.07, 6.45) is -0.668. The quantitative estimate of drug-likeness (QED) is 0.327. The minimum atomic E-state index is -0.670. The lowest BCUT2D eigenvalue weighted by atomic mass is 9.94. The molecule has 9 heteroatoms. The van der Waals surface area contributed by atoms with Crippen molar-refractivity contribution in [2.45, 2.75) is 6.10 Å². The van der Waals surface area contributed by atoms with E-state index in [1.807, 2.05) is 0 Å². The fraction of sp³-hybridized carbons (Fsp3) is 0.222. The summed E-state index contributed by atoms with van der Waals surface area (Å²) in [6, 6.07) is 12.9. The summed E-state index contributed by atoms with van der Waals surface area (Å²) < 4.78 is 4.78. The van der Waals surface area contributed by atoms with Gasteiger partial charge in [0.2, 0.25) is 0 Å². The number of methoxy groups -OCH3 is 1. The Labute approximate surface area is 155 Å². The van der Waals surface area contributed by atoms with Crippen LogP contribution in [0.5, 0.6) is 0 Å². The Kier molecular flexibility index (Phi) is 6.98. The lowest BCUT2D eigenvalue weighted by molar-refractivity contribution is -0.384. The standard InChI is InChI=1S/C18H19N3O6/c1-19-27-17(12-8-10-13(11-9-12)21(23)24)15-7-5-4-6-14(15)16(20-26-3)18(22)25-2/h4-11,17,19H,1-3H3. The minimum Gasteiger partial charge on any atom is -0.464 e. The number of hydrogen-bond donors (Lipinski definition) is 1. The summed E-state index contributed by atoms with van der Waals surface area (Å²) in [5.74, 6) is -0.670. The van der Waals surface area contributed by atoms with Gasteiger partial charge >= 0.3 is 5.97 Å². The molecular weight excluding hydrogens is 354 g/mol. The number of rotatable bonds is 8. The predicted octanol–water partition coefficient (Wildman–Crippen LogP) is 2.36. The lowest BCUT2D eigenvalue weighted by Crippen LogP contribution is -2.23. The van der Waals surface area contributed by atoms with E-state index in [0.717, 1.165) is 0 Å². The number of nitrogens with one attached hydrogen (secondary N) is 1. The number of carbonyl (C=O) groups excluding carboxylic acids is 1. The normalized spacial score (nSPS) is 12.3. The van der Waals surface area contributed by atoms with Crippen LogP contribution in [0.3, 0.4) is 0 Å². The fourth-order valence-corrected chi connectivity index (χ4v) is 2.53. The number of esters is 1. The zero-order valence-corrected chi connectivity index (χ0v) is 15.0. The van der Waals surface area contributed by atoms with Gasteiger partial charge in [-0.1, -0.05) is 29.4 Å². The van der Waals surface area contributed by atoms with Crippen LogP contribution >= 0.6 is 0 Å². The van der Waals surface area contributed by atoms with Gasteiger partial charge in [0.05, 0.1) is 12.0 Å². The van der Waals surface area contributed by atoms with Crippen molar-refractivity contribution in [3.05, 3.63) is 75.3 Å². The molecule has 0 aliphatic rings. The van der Waals surface area contributed by atoms with Crippen LogP contribution < -0.4 is 5.48 Å². The summed E-state index contributed by atoms with van der Waals surface area (Å²) >= 11 is 0. The second-order valence-electron chi connectivity index (χ2n) is 5.25. The molecule has 1 atom stereocenters. The Bertz CT molecular complexity index is 835. The number of nitro groups is 1. The zero-order valence-electron chi connectivity index (χ0n) is 15.0. The Morgan fingerprint density at radius 2 is 1.81 bits per heavy atom. The predicted molar refractivity (Wildman–Crippen MR) is 97.1 cm³/mol. The van der Waals surface area contributed by atoms with Crippen molar-refractivity contribution < 1.29 is 24.1 Å². The van der Waals surface area contributed by atoms with Crippen LogP contribution in [0, 0.1) is 10.1 Å². The molecule has 142 valence electrons. The summed E-state index contributed by atoms with van der Waals surface area (Å²) in [7, 11) is 4.16. The molecule has 1 unspecified atom stereocenters. The van der Waals surface area contributed by atoms with Crippen molar-refractivity contribution in [1.29, 1.82) is 0 Å². The third kappa shape index (κ3) is 4.66. The maximum atomic E-state index is 12.1. The first kappa shape index (κ1) is 20.0. The van der Waals surface area contributed by atoms with Gasteiger partial charge in [0.1, 0.15) is 13.2 Å². The van der Waals surface area contributed by atoms with Crippen LogP contribution in [0.2, 0.25) is 0 Å². The van der Waals surface area contributed by atoms with Gasteiger partial charge in [0.25, 0.3) is 5.69 Å². The van der Waals surface area contributed by atoms with Crippen LogP contribution in [0.15, 0.2) is 53.7 Å². The highest BCUT2D eigenvalue weighted by atomic mass is 16.7. The number of nitrogens with zero attached hydrogens (tertiary/aromatic N) is 2. The SMILES string of the molecule is CNOC(c1ccc([N+](=O)[O-])cc1)c1ccccc1C(=NOC)C(=O)OC. The van der Waals surface area contributed by atoms with Gasteiger partial charge < -0.3 is 9.57 Å². The lowest BCUT2D eigenvalue weighted by Gasteiger charge is -2.20. The molecule has 0 saturated carbocycles. The maximum Gasteiger partial charge on any atom is 0.360 e. The monoisotopic (exact) mass is 373 g/mol. The van der Waals surface area contributed by atoms with Crippen LogP contribution in [0.1, 0.15) is 22.8 Å². The van der Waals surface area contributed by atoms with Gasteiger partial charge in [0, 0.05) is 24.7 Å². The van der Waals surface area contributed by atoms with E-state index in [4.69, 9.17) is 14.4 Å². The van der Waals surface area contributed by atoms with Crippen molar-refractivity contribution >= 4 is 17.4 Å². The summed E-state index contributed by atoms with van der Waals surface area (Å²) in [5.41, 5.74) is 4.25. The van der Waals surface area contributed by atoms with Crippen LogP contribution in [0.4, 0.5) is 5.69 Å². The number of hydroxylamine groups is 1. The molecule has 9 nitrogen and oxygen atoms in total. The fourth-order valence-electron chi connectivity index (χ4n) is 2.53. The zero-order chi connectivity index (χ0) is 19.8. The molecule has 0 amide bonds. The van der Waals surface area contributed by atoms with Gasteiger partial charge in [-0.25, -0.2) is 10.3 Å². The first-order chi connectivity index (χ1) is 13.0. The van der Waals surface area contributed by atoms with E-state index in [9.17, 15) is 14.9 Å². The second-order valence-corrected chi connectivity index (χ2v) is 5.25. The van der Waals surface area contributed by atoms with Crippen LogP contribution in [-0.2, 0) is 19.2 Å². The molecule has 0 aliphatic heterocycles. The number of carbonyl (C=O) groups is 1. The Morgan fingerprint density at radius 3 is 2.37 bits per heavy atom. The molecule has 0 fully saturated rings. The Balaban J connectivity index is 2.56. The van der Waals surface area contributed by atoms with Gasteiger partial charge in [-0.05, 0) is 23.3 Å². The molecular formula is C18H19N3O6. The average molecular weight is 373 g/mol. The third-order valence-electron chi connectivity index (χ3n) is 3.70. The van der Waals surface area contributed by atoms with Crippen molar-refractivity contribution in [2.24, 2.45) is 5.16 Å². The molecule has 0 spiro atoms. The molecule has 0 heterocycles. The van der Waals surface area contributed by atoms with Gasteiger partial charge in [-0.2, -0.15) is 0 Å². The molecule has 0 saturated heterocycles. The highest BCUT2D eigenvalue weighted by Gasteiger charge is 2.25. The molecule has 0 bridgehead atoms. The summed E-state index contributed by atoms with van der Waals surface area (Å²) in [6.45, 7) is 0. The second kappa shape index (κ2) is 9.41. The summed E-state index contributed by atoms with van der Waals surface area (Å²) in [5, 5.41) is 14.7. The number of hydrogen-bond acceptors (Lipinski definition) is 8. The van der Waals surface area contributed by atoms with E-state index in [1.54, 1.807) is 43.4 Å². The molecule has 2 rings (SSSR count). The first-order valence-electron chi connectivity index (χ1n) is 7.89.